The highest BCUT2D eigenvalue weighted by Gasteiger charge is 2.16. The minimum absolute atomic E-state index is 0.0882. The number of hydrogen-bond acceptors (Lipinski definition) is 1. The summed E-state index contributed by atoms with van der Waals surface area (Å²) in [6.45, 7) is 1.86. The van der Waals surface area contributed by atoms with Crippen molar-refractivity contribution in [2.75, 3.05) is 5.32 Å². The van der Waals surface area contributed by atoms with Gasteiger partial charge in [0.25, 0.3) is 0 Å². The van der Waals surface area contributed by atoms with E-state index < -0.39 is 0 Å². The van der Waals surface area contributed by atoms with Crippen molar-refractivity contribution in [3.63, 3.8) is 0 Å². The van der Waals surface area contributed by atoms with Crippen molar-refractivity contribution >= 4 is 45.7 Å². The number of nitrogens with one attached hydrogen (secondary N) is 1. The quantitative estimate of drug-likeness (QED) is 0.707. The maximum absolute atomic E-state index is 12.4. The number of hydrogen-bond donors (Lipinski definition) is 1. The minimum Gasteiger partial charge on any atom is -0.335 e. The molecule has 0 spiro atoms. The van der Waals surface area contributed by atoms with Crippen molar-refractivity contribution in [2.24, 2.45) is 0 Å². The summed E-state index contributed by atoms with van der Waals surface area (Å²) < 4.78 is 1.93. The van der Waals surface area contributed by atoms with Crippen LogP contribution < -0.4 is 5.32 Å². The number of rotatable bonds is 3. The van der Waals surface area contributed by atoms with Crippen molar-refractivity contribution in [2.45, 2.75) is 13.0 Å². The molecule has 3 rings (SSSR count). The average Bonchev–Trinajstić information content (AvgIpc) is 2.91. The zero-order valence-corrected chi connectivity index (χ0v) is 13.4. The summed E-state index contributed by atoms with van der Waals surface area (Å²) in [5.41, 5.74) is 1.70. The molecular formula is C17H14Cl2N2O. The van der Waals surface area contributed by atoms with E-state index in [2.05, 4.69) is 5.32 Å². The SMILES string of the molecule is CC(C(=O)Nc1ccc(Cl)cc1)n1ccc2cc(Cl)ccc21. The fourth-order valence-electron chi connectivity index (χ4n) is 2.38. The molecule has 0 saturated heterocycles. The molecule has 1 heterocycles. The molecule has 0 fully saturated rings. The lowest BCUT2D eigenvalue weighted by atomic mass is 10.2. The predicted molar refractivity (Wildman–Crippen MR) is 91.7 cm³/mol. The summed E-state index contributed by atoms with van der Waals surface area (Å²) in [7, 11) is 0. The lowest BCUT2D eigenvalue weighted by Gasteiger charge is -2.15. The van der Waals surface area contributed by atoms with Gasteiger partial charge in [-0.05, 0) is 55.5 Å². The van der Waals surface area contributed by atoms with Crippen LogP contribution in [0.1, 0.15) is 13.0 Å². The Kier molecular flexibility index (Phi) is 4.10. The summed E-state index contributed by atoms with van der Waals surface area (Å²) in [5.74, 6) is -0.0882. The number of fused-ring (bicyclic) bond motifs is 1. The highest BCUT2D eigenvalue weighted by atomic mass is 35.5. The van der Waals surface area contributed by atoms with E-state index in [-0.39, 0.29) is 11.9 Å². The van der Waals surface area contributed by atoms with Gasteiger partial charge in [0, 0.05) is 32.8 Å². The number of halogens is 2. The third kappa shape index (κ3) is 2.96. The average molecular weight is 333 g/mol. The molecule has 0 aliphatic heterocycles. The molecule has 0 saturated carbocycles. The first-order valence-electron chi connectivity index (χ1n) is 6.87. The summed E-state index contributed by atoms with van der Waals surface area (Å²) in [6.07, 6.45) is 1.90. The molecule has 112 valence electrons. The second kappa shape index (κ2) is 6.03. The number of benzene rings is 2. The summed E-state index contributed by atoms with van der Waals surface area (Å²) in [5, 5.41) is 5.22. The second-order valence-electron chi connectivity index (χ2n) is 5.10. The number of carbonyl (C=O) groups is 1. The van der Waals surface area contributed by atoms with Gasteiger partial charge in [0.2, 0.25) is 5.91 Å². The van der Waals surface area contributed by atoms with E-state index in [1.807, 2.05) is 42.0 Å². The van der Waals surface area contributed by atoms with Crippen molar-refractivity contribution < 1.29 is 4.79 Å². The minimum atomic E-state index is -0.339. The third-order valence-electron chi connectivity index (χ3n) is 3.59. The molecule has 1 N–H and O–H groups in total. The fraction of sp³-hybridized carbons (Fsp3) is 0.118. The van der Waals surface area contributed by atoms with Gasteiger partial charge >= 0.3 is 0 Å². The van der Waals surface area contributed by atoms with Crippen molar-refractivity contribution in [3.8, 4) is 0 Å². The predicted octanol–water partition coefficient (Wildman–Crippen LogP) is 5.15. The van der Waals surface area contributed by atoms with Crippen LogP contribution in [-0.4, -0.2) is 10.5 Å². The van der Waals surface area contributed by atoms with E-state index in [0.717, 1.165) is 16.6 Å². The molecule has 2 aromatic carbocycles. The lowest BCUT2D eigenvalue weighted by molar-refractivity contribution is -0.118. The van der Waals surface area contributed by atoms with Gasteiger partial charge in [-0.15, -0.1) is 0 Å². The highest BCUT2D eigenvalue weighted by Crippen LogP contribution is 2.24. The van der Waals surface area contributed by atoms with Gasteiger partial charge in [-0.25, -0.2) is 0 Å². The van der Waals surface area contributed by atoms with Crippen molar-refractivity contribution in [1.29, 1.82) is 0 Å². The Labute approximate surface area is 138 Å². The molecule has 0 radical (unpaired) electrons. The summed E-state index contributed by atoms with van der Waals surface area (Å²) in [6, 6.07) is 14.3. The zero-order valence-electron chi connectivity index (χ0n) is 11.9. The molecule has 0 bridgehead atoms. The standard InChI is InChI=1S/C17H14Cl2N2O/c1-11(17(22)20-15-5-2-13(18)3-6-15)21-9-8-12-10-14(19)4-7-16(12)21/h2-11H,1H3,(H,20,22). The summed E-state index contributed by atoms with van der Waals surface area (Å²) >= 11 is 11.8. The number of amides is 1. The van der Waals surface area contributed by atoms with E-state index in [9.17, 15) is 4.79 Å². The van der Waals surface area contributed by atoms with Gasteiger partial charge in [0.1, 0.15) is 6.04 Å². The van der Waals surface area contributed by atoms with Gasteiger partial charge in [0.15, 0.2) is 0 Å². The van der Waals surface area contributed by atoms with Gasteiger partial charge in [-0.1, -0.05) is 23.2 Å². The monoisotopic (exact) mass is 332 g/mol. The molecule has 1 amide bonds. The topological polar surface area (TPSA) is 34.0 Å². The van der Waals surface area contributed by atoms with Crippen LogP contribution in [0.4, 0.5) is 5.69 Å². The van der Waals surface area contributed by atoms with Gasteiger partial charge in [-0.3, -0.25) is 4.79 Å². The van der Waals surface area contributed by atoms with E-state index in [4.69, 9.17) is 23.2 Å². The van der Waals surface area contributed by atoms with E-state index >= 15 is 0 Å². The number of aromatic nitrogens is 1. The normalized spacial score (nSPS) is 12.3. The van der Waals surface area contributed by atoms with Crippen LogP contribution >= 0.6 is 23.2 Å². The first-order chi connectivity index (χ1) is 10.5. The van der Waals surface area contributed by atoms with Crippen LogP contribution in [0.5, 0.6) is 0 Å². The fourth-order valence-corrected chi connectivity index (χ4v) is 2.69. The lowest BCUT2D eigenvalue weighted by Crippen LogP contribution is -2.23. The van der Waals surface area contributed by atoms with Crippen LogP contribution in [0.15, 0.2) is 54.7 Å². The maximum atomic E-state index is 12.4. The molecule has 1 atom stereocenters. The van der Waals surface area contributed by atoms with Crippen LogP contribution in [-0.2, 0) is 4.79 Å². The smallest absolute Gasteiger partial charge is 0.247 e. The molecule has 0 aliphatic rings. The van der Waals surface area contributed by atoms with E-state index in [0.29, 0.717) is 10.0 Å². The van der Waals surface area contributed by atoms with Crippen molar-refractivity contribution in [1.82, 2.24) is 4.57 Å². The molecule has 1 aromatic heterocycles. The van der Waals surface area contributed by atoms with Crippen LogP contribution in [0.25, 0.3) is 10.9 Å². The van der Waals surface area contributed by atoms with Gasteiger partial charge in [0.05, 0.1) is 0 Å². The Morgan fingerprint density at radius 2 is 1.73 bits per heavy atom. The van der Waals surface area contributed by atoms with Crippen LogP contribution in [0.3, 0.4) is 0 Å². The zero-order chi connectivity index (χ0) is 15.7. The summed E-state index contributed by atoms with van der Waals surface area (Å²) in [4.78, 5) is 12.4. The largest absolute Gasteiger partial charge is 0.335 e. The Balaban J connectivity index is 1.84. The maximum Gasteiger partial charge on any atom is 0.247 e. The third-order valence-corrected chi connectivity index (χ3v) is 4.08. The Morgan fingerprint density at radius 1 is 1.05 bits per heavy atom. The number of anilines is 1. The van der Waals surface area contributed by atoms with Crippen molar-refractivity contribution in [3.05, 3.63) is 64.8 Å². The molecular weight excluding hydrogens is 319 g/mol. The first kappa shape index (κ1) is 14.9. The molecule has 5 heteroatoms. The van der Waals surface area contributed by atoms with Crippen LogP contribution in [0.2, 0.25) is 10.0 Å². The molecule has 3 aromatic rings. The molecule has 22 heavy (non-hydrogen) atoms. The van der Waals surface area contributed by atoms with Crippen LogP contribution in [0, 0.1) is 0 Å². The van der Waals surface area contributed by atoms with Gasteiger partial charge < -0.3 is 9.88 Å². The molecule has 3 nitrogen and oxygen atoms in total. The number of carbonyl (C=O) groups excluding carboxylic acids is 1. The van der Waals surface area contributed by atoms with Gasteiger partial charge in [-0.2, -0.15) is 0 Å². The molecule has 0 aliphatic carbocycles. The van der Waals surface area contributed by atoms with E-state index in [1.54, 1.807) is 24.3 Å². The Hall–Kier alpha value is -1.97. The Bertz CT molecular complexity index is 824. The Morgan fingerprint density at radius 3 is 2.45 bits per heavy atom. The highest BCUT2D eigenvalue weighted by molar-refractivity contribution is 6.31. The second-order valence-corrected chi connectivity index (χ2v) is 5.97. The molecule has 1 unspecified atom stereocenters. The van der Waals surface area contributed by atoms with E-state index in [1.165, 1.54) is 0 Å². The number of nitrogens with zero attached hydrogens (tertiary/aromatic N) is 1. The first-order valence-corrected chi connectivity index (χ1v) is 7.63.